The van der Waals surface area contributed by atoms with Gasteiger partial charge >= 0.3 is 0 Å². The Bertz CT molecular complexity index is 210. The molecule has 5 nitrogen and oxygen atoms in total. The highest BCUT2D eigenvalue weighted by Gasteiger charge is 2.34. The Morgan fingerprint density at radius 2 is 2.00 bits per heavy atom. The lowest BCUT2D eigenvalue weighted by atomic mass is 9.98. The van der Waals surface area contributed by atoms with Gasteiger partial charge in [-0.25, -0.2) is 0 Å². The molecule has 1 unspecified atom stereocenters. The maximum absolute atomic E-state index is 10.9. The van der Waals surface area contributed by atoms with Crippen LogP contribution in [0.1, 0.15) is 13.3 Å². The first kappa shape index (κ1) is 10.9. The summed E-state index contributed by atoms with van der Waals surface area (Å²) in [6.45, 7) is 0.156. The van der Waals surface area contributed by atoms with Gasteiger partial charge in [0.1, 0.15) is 5.78 Å². The zero-order chi connectivity index (χ0) is 9.78. The van der Waals surface area contributed by atoms with Crippen LogP contribution in [0.15, 0.2) is 0 Å². The number of hydrogen-bond donors (Lipinski definition) is 2. The van der Waals surface area contributed by atoms with Crippen LogP contribution >= 0.6 is 0 Å². The van der Waals surface area contributed by atoms with Crippen LogP contribution in [0.25, 0.3) is 0 Å². The van der Waals surface area contributed by atoms with Gasteiger partial charge in [-0.2, -0.15) is 0 Å². The van der Waals surface area contributed by atoms with Crippen LogP contribution in [-0.4, -0.2) is 40.3 Å². The highest BCUT2D eigenvalue weighted by Crippen LogP contribution is 2.04. The van der Waals surface area contributed by atoms with Crippen molar-refractivity contribution in [2.24, 2.45) is 0 Å². The molecule has 68 valence electrons. The topological polar surface area (TPSA) is 91.7 Å². The summed E-state index contributed by atoms with van der Waals surface area (Å²) >= 11 is 0. The molecule has 0 amide bonds. The maximum Gasteiger partial charge on any atom is 0.201 e. The zero-order valence-electron chi connectivity index (χ0n) is 6.61. The van der Waals surface area contributed by atoms with E-state index in [2.05, 4.69) is 0 Å². The summed E-state index contributed by atoms with van der Waals surface area (Å²) in [7, 11) is 0. The summed E-state index contributed by atoms with van der Waals surface area (Å²) in [6, 6.07) is 0. The van der Waals surface area contributed by atoms with E-state index in [4.69, 9.17) is 10.2 Å². The molecule has 0 radical (unpaired) electrons. The van der Waals surface area contributed by atoms with Gasteiger partial charge in [0.05, 0.1) is 13.0 Å². The van der Waals surface area contributed by atoms with Gasteiger partial charge in [-0.1, -0.05) is 0 Å². The fourth-order valence-electron chi connectivity index (χ4n) is 0.570. The van der Waals surface area contributed by atoms with Gasteiger partial charge in [0.25, 0.3) is 0 Å². The predicted molar refractivity (Wildman–Crippen MR) is 38.4 cm³/mol. The van der Waals surface area contributed by atoms with E-state index in [-0.39, 0.29) is 6.29 Å². The predicted octanol–water partition coefficient (Wildman–Crippen LogP) is -1.54. The van der Waals surface area contributed by atoms with Gasteiger partial charge in [0.2, 0.25) is 5.60 Å². The fourth-order valence-corrected chi connectivity index (χ4v) is 0.570. The van der Waals surface area contributed by atoms with Gasteiger partial charge < -0.3 is 10.2 Å². The van der Waals surface area contributed by atoms with Crippen molar-refractivity contribution in [1.82, 2.24) is 0 Å². The average Bonchev–Trinajstić information content (AvgIpc) is 2.02. The molecule has 5 heteroatoms. The normalized spacial score (nSPS) is 14.9. The van der Waals surface area contributed by atoms with Crippen molar-refractivity contribution in [1.29, 1.82) is 0 Å². The van der Waals surface area contributed by atoms with Gasteiger partial charge in [-0.3, -0.25) is 14.4 Å². The first-order chi connectivity index (χ1) is 5.46. The number of carbonyl (C=O) groups excluding carboxylic acids is 3. The number of ketones is 2. The van der Waals surface area contributed by atoms with Crippen molar-refractivity contribution in [2.45, 2.75) is 18.9 Å². The molecule has 0 fully saturated rings. The van der Waals surface area contributed by atoms with Crippen molar-refractivity contribution >= 4 is 17.9 Å². The Balaban J connectivity index is 4.42. The molecular formula is C7H10O5. The molecule has 0 aromatic rings. The van der Waals surface area contributed by atoms with Crippen molar-refractivity contribution < 1.29 is 24.6 Å². The molecule has 1 atom stereocenters. The molecule has 0 aliphatic rings. The van der Waals surface area contributed by atoms with E-state index in [9.17, 15) is 14.4 Å². The van der Waals surface area contributed by atoms with E-state index in [1.165, 1.54) is 0 Å². The second-order valence-corrected chi connectivity index (χ2v) is 2.50. The molecule has 0 aliphatic heterocycles. The van der Waals surface area contributed by atoms with Crippen LogP contribution in [-0.2, 0) is 14.4 Å². The van der Waals surface area contributed by atoms with E-state index in [0.29, 0.717) is 0 Å². The SMILES string of the molecule is CC(=O)CC(=O)C(O)(C=O)CO. The molecule has 2 N–H and O–H groups in total. The van der Waals surface area contributed by atoms with Crippen LogP contribution in [0, 0.1) is 0 Å². The van der Waals surface area contributed by atoms with Crippen LogP contribution in [0.5, 0.6) is 0 Å². The molecule has 0 rings (SSSR count). The second kappa shape index (κ2) is 4.08. The lowest BCUT2D eigenvalue weighted by Crippen LogP contribution is -2.44. The molecule has 0 bridgehead atoms. The highest BCUT2D eigenvalue weighted by molar-refractivity contribution is 6.09. The third-order valence-corrected chi connectivity index (χ3v) is 1.33. The van der Waals surface area contributed by atoms with Crippen molar-refractivity contribution in [3.8, 4) is 0 Å². The first-order valence-electron chi connectivity index (χ1n) is 3.28. The Kier molecular flexibility index (Phi) is 3.72. The molecular weight excluding hydrogens is 164 g/mol. The molecule has 12 heavy (non-hydrogen) atoms. The minimum absolute atomic E-state index is 0.0712. The quantitative estimate of drug-likeness (QED) is 0.389. The standard InChI is InChI=1S/C7H10O5/c1-5(10)2-6(11)7(12,3-8)4-9/h3,9,12H,2,4H2,1H3. The van der Waals surface area contributed by atoms with E-state index in [0.717, 1.165) is 6.92 Å². The van der Waals surface area contributed by atoms with E-state index in [1.807, 2.05) is 0 Å². The zero-order valence-corrected chi connectivity index (χ0v) is 6.61. The monoisotopic (exact) mass is 174 g/mol. The molecule has 0 aliphatic carbocycles. The fraction of sp³-hybridized carbons (Fsp3) is 0.571. The van der Waals surface area contributed by atoms with Crippen LogP contribution in [0.2, 0.25) is 0 Å². The van der Waals surface area contributed by atoms with E-state index >= 15 is 0 Å². The van der Waals surface area contributed by atoms with Crippen molar-refractivity contribution in [3.63, 3.8) is 0 Å². The van der Waals surface area contributed by atoms with Gasteiger partial charge in [-0.05, 0) is 6.92 Å². The number of rotatable bonds is 5. The van der Waals surface area contributed by atoms with Crippen LogP contribution < -0.4 is 0 Å². The summed E-state index contributed by atoms with van der Waals surface area (Å²) in [6.07, 6.45) is -0.617. The number of aldehydes is 1. The first-order valence-corrected chi connectivity index (χ1v) is 3.28. The summed E-state index contributed by atoms with van der Waals surface area (Å²) in [5.41, 5.74) is -2.41. The largest absolute Gasteiger partial charge is 0.392 e. The molecule has 0 saturated carbocycles. The maximum atomic E-state index is 10.9. The average molecular weight is 174 g/mol. The Labute approximate surface area is 69.0 Å². The third kappa shape index (κ3) is 2.52. The summed E-state index contributed by atoms with van der Waals surface area (Å²) in [5, 5.41) is 17.5. The lowest BCUT2D eigenvalue weighted by molar-refractivity contribution is -0.148. The summed E-state index contributed by atoms with van der Waals surface area (Å²) < 4.78 is 0. The minimum atomic E-state index is -2.41. The van der Waals surface area contributed by atoms with Crippen molar-refractivity contribution in [3.05, 3.63) is 0 Å². The van der Waals surface area contributed by atoms with E-state index < -0.39 is 30.2 Å². The number of Topliss-reactive ketones (excluding diaryl/α,β-unsaturated/α-hetero) is 2. The van der Waals surface area contributed by atoms with Crippen LogP contribution in [0.4, 0.5) is 0 Å². The number of aliphatic hydroxyl groups is 2. The van der Waals surface area contributed by atoms with Crippen molar-refractivity contribution in [2.75, 3.05) is 6.61 Å². The summed E-state index contributed by atoms with van der Waals surface area (Å²) in [5.74, 6) is -1.44. The highest BCUT2D eigenvalue weighted by atomic mass is 16.3. The Hall–Kier alpha value is -1.07. The molecule has 0 aromatic heterocycles. The summed E-state index contributed by atoms with van der Waals surface area (Å²) in [4.78, 5) is 31.4. The Morgan fingerprint density at radius 1 is 1.50 bits per heavy atom. The van der Waals surface area contributed by atoms with Gasteiger partial charge in [0.15, 0.2) is 12.1 Å². The number of carbonyl (C=O) groups is 3. The van der Waals surface area contributed by atoms with Gasteiger partial charge in [-0.15, -0.1) is 0 Å². The second-order valence-electron chi connectivity index (χ2n) is 2.50. The Morgan fingerprint density at radius 3 is 2.25 bits per heavy atom. The molecule has 0 saturated heterocycles. The van der Waals surface area contributed by atoms with E-state index in [1.54, 1.807) is 0 Å². The minimum Gasteiger partial charge on any atom is -0.392 e. The lowest BCUT2D eigenvalue weighted by Gasteiger charge is -2.15. The molecule has 0 aromatic carbocycles. The number of hydrogen-bond acceptors (Lipinski definition) is 5. The number of aliphatic hydroxyl groups excluding tert-OH is 1. The van der Waals surface area contributed by atoms with Gasteiger partial charge in [0, 0.05) is 0 Å². The van der Waals surface area contributed by atoms with Crippen LogP contribution in [0.3, 0.4) is 0 Å². The molecule has 0 spiro atoms. The smallest absolute Gasteiger partial charge is 0.201 e. The molecule has 0 heterocycles. The third-order valence-electron chi connectivity index (χ3n) is 1.33.